The fourth-order valence-corrected chi connectivity index (χ4v) is 4.11. The first-order valence-electron chi connectivity index (χ1n) is 7.99. The molecule has 2 aliphatic carbocycles. The number of rotatable bonds is 8. The van der Waals surface area contributed by atoms with E-state index in [1.54, 1.807) is 0 Å². The van der Waals surface area contributed by atoms with E-state index in [1.165, 1.54) is 64.2 Å². The maximum Gasteiger partial charge on any atom is 0.0571 e. The Labute approximate surface area is 107 Å². The molecule has 2 saturated carbocycles. The van der Waals surface area contributed by atoms with E-state index in [0.29, 0.717) is 5.92 Å². The van der Waals surface area contributed by atoms with Crippen molar-refractivity contribution in [2.24, 2.45) is 17.8 Å². The Morgan fingerprint density at radius 3 is 2.41 bits per heavy atom. The topological polar surface area (TPSA) is 20.2 Å². The van der Waals surface area contributed by atoms with Crippen molar-refractivity contribution in [3.63, 3.8) is 0 Å². The fourth-order valence-electron chi connectivity index (χ4n) is 4.11. The van der Waals surface area contributed by atoms with Gasteiger partial charge in [-0.25, -0.2) is 0 Å². The summed E-state index contributed by atoms with van der Waals surface area (Å²) in [5.41, 5.74) is 0. The molecule has 2 bridgehead atoms. The summed E-state index contributed by atoms with van der Waals surface area (Å²) in [6.07, 6.45) is 14.8. The van der Waals surface area contributed by atoms with E-state index < -0.39 is 0 Å². The van der Waals surface area contributed by atoms with Gasteiger partial charge in [-0.05, 0) is 43.4 Å². The number of aliphatic hydroxyl groups excluding tert-OH is 1. The van der Waals surface area contributed by atoms with Gasteiger partial charge in [0.25, 0.3) is 0 Å². The van der Waals surface area contributed by atoms with Gasteiger partial charge in [-0.1, -0.05) is 51.9 Å². The Morgan fingerprint density at radius 2 is 1.76 bits per heavy atom. The highest BCUT2D eigenvalue weighted by Gasteiger charge is 2.42. The molecular formula is C16H30O. The predicted molar refractivity (Wildman–Crippen MR) is 72.9 cm³/mol. The van der Waals surface area contributed by atoms with Crippen LogP contribution in [0.2, 0.25) is 0 Å². The molecule has 100 valence electrons. The van der Waals surface area contributed by atoms with E-state index in [4.69, 9.17) is 0 Å². The quantitative estimate of drug-likeness (QED) is 0.616. The molecule has 4 unspecified atom stereocenters. The van der Waals surface area contributed by atoms with Crippen LogP contribution < -0.4 is 0 Å². The lowest BCUT2D eigenvalue weighted by Crippen LogP contribution is -2.25. The van der Waals surface area contributed by atoms with Gasteiger partial charge in [0.2, 0.25) is 0 Å². The SMILES string of the molecule is CCCCCCCCC(O)C1CC2CCC1C2. The lowest BCUT2D eigenvalue weighted by atomic mass is 9.83. The van der Waals surface area contributed by atoms with Gasteiger partial charge in [0, 0.05) is 0 Å². The van der Waals surface area contributed by atoms with E-state index >= 15 is 0 Å². The van der Waals surface area contributed by atoms with Gasteiger partial charge in [-0.3, -0.25) is 0 Å². The van der Waals surface area contributed by atoms with Gasteiger partial charge < -0.3 is 5.11 Å². The molecule has 0 aliphatic heterocycles. The molecule has 0 amide bonds. The molecule has 0 radical (unpaired) electrons. The number of hydrogen-bond donors (Lipinski definition) is 1. The molecule has 0 aromatic carbocycles. The van der Waals surface area contributed by atoms with Crippen LogP contribution in [-0.4, -0.2) is 11.2 Å². The molecule has 1 N–H and O–H groups in total. The zero-order valence-corrected chi connectivity index (χ0v) is 11.5. The average molecular weight is 238 g/mol. The van der Waals surface area contributed by atoms with Crippen LogP contribution in [0.25, 0.3) is 0 Å². The van der Waals surface area contributed by atoms with Crippen LogP contribution in [0, 0.1) is 17.8 Å². The highest BCUT2D eigenvalue weighted by atomic mass is 16.3. The van der Waals surface area contributed by atoms with E-state index in [0.717, 1.165) is 18.3 Å². The monoisotopic (exact) mass is 238 g/mol. The number of aliphatic hydroxyl groups is 1. The van der Waals surface area contributed by atoms with Crippen LogP contribution in [0.4, 0.5) is 0 Å². The first-order chi connectivity index (χ1) is 8.31. The fraction of sp³-hybridized carbons (Fsp3) is 1.00. The molecule has 0 aromatic rings. The van der Waals surface area contributed by atoms with Crippen molar-refractivity contribution in [1.29, 1.82) is 0 Å². The molecule has 17 heavy (non-hydrogen) atoms. The predicted octanol–water partition coefficient (Wildman–Crippen LogP) is 4.53. The molecule has 1 nitrogen and oxygen atoms in total. The Morgan fingerprint density at radius 1 is 1.00 bits per heavy atom. The standard InChI is InChI=1S/C16H30O/c1-2-3-4-5-6-7-8-16(17)15-12-13-9-10-14(15)11-13/h13-17H,2-12H2,1H3. The van der Waals surface area contributed by atoms with Crippen molar-refractivity contribution < 1.29 is 5.11 Å². The molecule has 2 rings (SSSR count). The lowest BCUT2D eigenvalue weighted by molar-refractivity contribution is 0.0652. The Balaban J connectivity index is 1.54. The van der Waals surface area contributed by atoms with Crippen molar-refractivity contribution >= 4 is 0 Å². The molecule has 0 spiro atoms. The van der Waals surface area contributed by atoms with Gasteiger partial charge in [0.05, 0.1) is 6.10 Å². The summed E-state index contributed by atoms with van der Waals surface area (Å²) in [6, 6.07) is 0. The average Bonchev–Trinajstić information content (AvgIpc) is 2.95. The highest BCUT2D eigenvalue weighted by Crippen LogP contribution is 2.50. The van der Waals surface area contributed by atoms with E-state index in [-0.39, 0.29) is 6.10 Å². The summed E-state index contributed by atoms with van der Waals surface area (Å²) >= 11 is 0. The molecule has 1 heteroatoms. The van der Waals surface area contributed by atoms with Crippen molar-refractivity contribution in [2.45, 2.75) is 83.7 Å². The number of fused-ring (bicyclic) bond motifs is 2. The van der Waals surface area contributed by atoms with Gasteiger partial charge in [0.15, 0.2) is 0 Å². The van der Waals surface area contributed by atoms with E-state index in [2.05, 4.69) is 6.92 Å². The van der Waals surface area contributed by atoms with Crippen molar-refractivity contribution in [3.8, 4) is 0 Å². The minimum Gasteiger partial charge on any atom is -0.393 e. The van der Waals surface area contributed by atoms with Gasteiger partial charge in [0.1, 0.15) is 0 Å². The minimum absolute atomic E-state index is 0.0245. The lowest BCUT2D eigenvalue weighted by Gasteiger charge is -2.26. The summed E-state index contributed by atoms with van der Waals surface area (Å²) in [6.45, 7) is 2.26. The Hall–Kier alpha value is -0.0400. The van der Waals surface area contributed by atoms with Crippen LogP contribution in [-0.2, 0) is 0 Å². The maximum atomic E-state index is 10.3. The summed E-state index contributed by atoms with van der Waals surface area (Å²) in [4.78, 5) is 0. The molecule has 0 aromatic heterocycles. The van der Waals surface area contributed by atoms with Gasteiger partial charge >= 0.3 is 0 Å². The highest BCUT2D eigenvalue weighted by molar-refractivity contribution is 4.92. The minimum atomic E-state index is 0.0245. The van der Waals surface area contributed by atoms with Crippen LogP contribution in [0.5, 0.6) is 0 Å². The maximum absolute atomic E-state index is 10.3. The first-order valence-corrected chi connectivity index (χ1v) is 7.99. The third-order valence-electron chi connectivity index (χ3n) is 5.14. The van der Waals surface area contributed by atoms with Crippen molar-refractivity contribution in [2.75, 3.05) is 0 Å². The molecule has 0 heterocycles. The Kier molecular flexibility index (Phi) is 5.34. The zero-order valence-electron chi connectivity index (χ0n) is 11.5. The van der Waals surface area contributed by atoms with Crippen molar-refractivity contribution in [3.05, 3.63) is 0 Å². The normalized spacial score (nSPS) is 33.2. The van der Waals surface area contributed by atoms with Crippen LogP contribution in [0.1, 0.15) is 77.6 Å². The van der Waals surface area contributed by atoms with Crippen LogP contribution >= 0.6 is 0 Å². The van der Waals surface area contributed by atoms with Gasteiger partial charge in [-0.15, -0.1) is 0 Å². The summed E-state index contributed by atoms with van der Waals surface area (Å²) < 4.78 is 0. The summed E-state index contributed by atoms with van der Waals surface area (Å²) in [5, 5.41) is 10.3. The van der Waals surface area contributed by atoms with E-state index in [9.17, 15) is 5.11 Å². The summed E-state index contributed by atoms with van der Waals surface area (Å²) in [5.74, 6) is 2.53. The second-order valence-corrected chi connectivity index (χ2v) is 6.46. The smallest absolute Gasteiger partial charge is 0.0571 e. The van der Waals surface area contributed by atoms with Crippen molar-refractivity contribution in [1.82, 2.24) is 0 Å². The molecule has 2 fully saturated rings. The first kappa shape index (κ1) is 13.4. The third kappa shape index (κ3) is 3.71. The third-order valence-corrected chi connectivity index (χ3v) is 5.14. The zero-order chi connectivity index (χ0) is 12.1. The van der Waals surface area contributed by atoms with Crippen LogP contribution in [0.15, 0.2) is 0 Å². The second kappa shape index (κ2) is 6.78. The largest absolute Gasteiger partial charge is 0.393 e. The number of hydrogen-bond acceptors (Lipinski definition) is 1. The molecular weight excluding hydrogens is 208 g/mol. The van der Waals surface area contributed by atoms with Gasteiger partial charge in [-0.2, -0.15) is 0 Å². The molecule has 2 aliphatic rings. The van der Waals surface area contributed by atoms with Crippen LogP contribution in [0.3, 0.4) is 0 Å². The molecule has 0 saturated heterocycles. The number of unbranched alkanes of at least 4 members (excludes halogenated alkanes) is 5. The van der Waals surface area contributed by atoms with E-state index in [1.807, 2.05) is 0 Å². The Bertz CT molecular complexity index is 214. The summed E-state index contributed by atoms with van der Waals surface area (Å²) in [7, 11) is 0. The second-order valence-electron chi connectivity index (χ2n) is 6.46. The molecule has 4 atom stereocenters.